The van der Waals surface area contributed by atoms with Gasteiger partial charge in [0, 0.05) is 18.8 Å². The van der Waals surface area contributed by atoms with Crippen LogP contribution in [0.4, 0.5) is 5.13 Å². The fourth-order valence-electron chi connectivity index (χ4n) is 2.56. The van der Waals surface area contributed by atoms with Gasteiger partial charge in [-0.25, -0.2) is 4.98 Å². The van der Waals surface area contributed by atoms with Gasteiger partial charge in [0.25, 0.3) is 0 Å². The van der Waals surface area contributed by atoms with Crippen LogP contribution in [0.1, 0.15) is 11.3 Å². The molecule has 0 fully saturated rings. The quantitative estimate of drug-likeness (QED) is 0.613. The summed E-state index contributed by atoms with van der Waals surface area (Å²) in [5.74, 6) is 4.10. The van der Waals surface area contributed by atoms with Crippen molar-refractivity contribution in [3.05, 3.63) is 59.9 Å². The molecular formula is C20H21N3OS2. The van der Waals surface area contributed by atoms with Crippen molar-refractivity contribution in [1.29, 1.82) is 0 Å². The number of hydrogen-bond acceptors (Lipinski definition) is 4. The Morgan fingerprint density at radius 2 is 1.96 bits per heavy atom. The van der Waals surface area contributed by atoms with E-state index in [9.17, 15) is 4.79 Å². The lowest BCUT2D eigenvalue weighted by Gasteiger charge is -2.14. The number of anilines is 1. The summed E-state index contributed by atoms with van der Waals surface area (Å²) < 4.78 is 1.15. The minimum absolute atomic E-state index is 0.0240. The van der Waals surface area contributed by atoms with Gasteiger partial charge in [0.1, 0.15) is 0 Å². The highest BCUT2D eigenvalue weighted by molar-refractivity contribution is 8.15. The average molecular weight is 384 g/mol. The van der Waals surface area contributed by atoms with Crippen molar-refractivity contribution in [2.24, 2.45) is 0 Å². The van der Waals surface area contributed by atoms with E-state index in [-0.39, 0.29) is 16.4 Å². The van der Waals surface area contributed by atoms with Crippen LogP contribution in [-0.4, -0.2) is 35.0 Å². The number of amides is 1. The van der Waals surface area contributed by atoms with Gasteiger partial charge in [0.2, 0.25) is 5.91 Å². The first-order chi connectivity index (χ1) is 12.5. The van der Waals surface area contributed by atoms with E-state index in [1.54, 1.807) is 29.5 Å². The second-order valence-electron chi connectivity index (χ2n) is 6.05. The van der Waals surface area contributed by atoms with Crippen LogP contribution in [-0.2, 0) is 11.2 Å². The highest BCUT2D eigenvalue weighted by Gasteiger charge is 2.17. The first kappa shape index (κ1) is 18.5. The number of thiazole rings is 1. The first-order valence-electron chi connectivity index (χ1n) is 8.15. The zero-order chi connectivity index (χ0) is 18.7. The first-order valence-corrected chi connectivity index (χ1v) is 10.8. The molecule has 3 aromatic rings. The number of benzene rings is 1. The molecule has 0 saturated carbocycles. The minimum atomic E-state index is -0.0962. The topological polar surface area (TPSA) is 46.1 Å². The molecule has 26 heavy (non-hydrogen) atoms. The van der Waals surface area contributed by atoms with E-state index in [2.05, 4.69) is 22.1 Å². The maximum atomic E-state index is 12.6. The zero-order valence-electron chi connectivity index (χ0n) is 15.1. The standard InChI is InChI=1S/C20H21N3OS2/c1-14-19(26(3)4)25-20(22-14)23(2)18(24)13-15-8-10-16(11-9-15)17-7-5-6-12-21-17/h5-12H,3,13H2,1-2,4H3. The molecule has 0 aliphatic heterocycles. The minimum Gasteiger partial charge on any atom is -0.291 e. The maximum Gasteiger partial charge on any atom is 0.232 e. The number of nitrogens with zero attached hydrogens (tertiary/aromatic N) is 3. The van der Waals surface area contributed by atoms with Crippen LogP contribution in [0.25, 0.3) is 11.3 Å². The van der Waals surface area contributed by atoms with Gasteiger partial charge < -0.3 is 0 Å². The van der Waals surface area contributed by atoms with E-state index in [1.165, 1.54) is 0 Å². The number of carbonyl (C=O) groups excluding carboxylic acids is 1. The summed E-state index contributed by atoms with van der Waals surface area (Å²) in [7, 11) is 1.69. The second-order valence-corrected chi connectivity index (χ2v) is 8.97. The molecule has 2 heterocycles. The Labute approximate surface area is 160 Å². The molecule has 1 aromatic carbocycles. The van der Waals surface area contributed by atoms with Crippen LogP contribution < -0.4 is 4.90 Å². The molecular weight excluding hydrogens is 362 g/mol. The van der Waals surface area contributed by atoms with Crippen molar-refractivity contribution >= 4 is 38.7 Å². The normalized spacial score (nSPS) is 12.0. The Kier molecular flexibility index (Phi) is 5.64. The lowest BCUT2D eigenvalue weighted by Crippen LogP contribution is -2.27. The Bertz CT molecular complexity index is 933. The van der Waals surface area contributed by atoms with Gasteiger partial charge in [-0.1, -0.05) is 47.5 Å². The third kappa shape index (κ3) is 4.08. The van der Waals surface area contributed by atoms with E-state index in [4.69, 9.17) is 0 Å². The largest absolute Gasteiger partial charge is 0.291 e. The molecule has 2 aromatic heterocycles. The van der Waals surface area contributed by atoms with Crippen molar-refractivity contribution in [2.45, 2.75) is 17.6 Å². The molecule has 1 atom stereocenters. The van der Waals surface area contributed by atoms with Gasteiger partial charge in [-0.15, -0.1) is 0 Å². The summed E-state index contributed by atoms with van der Waals surface area (Å²) in [6, 6.07) is 13.8. The fraction of sp³-hybridized carbons (Fsp3) is 0.200. The van der Waals surface area contributed by atoms with E-state index in [0.717, 1.165) is 31.9 Å². The van der Waals surface area contributed by atoms with Gasteiger partial charge in [0.15, 0.2) is 5.13 Å². The number of likely N-dealkylation sites (N-methyl/N-ethyl adjacent to an activating group) is 1. The lowest BCUT2D eigenvalue weighted by atomic mass is 10.1. The van der Waals surface area contributed by atoms with Crippen molar-refractivity contribution in [3.8, 4) is 11.3 Å². The molecule has 0 aliphatic rings. The molecule has 0 spiro atoms. The molecule has 6 heteroatoms. The summed E-state index contributed by atoms with van der Waals surface area (Å²) in [5.41, 5.74) is 3.91. The molecule has 1 unspecified atom stereocenters. The summed E-state index contributed by atoms with van der Waals surface area (Å²) in [6.07, 6.45) is 4.18. The molecule has 0 aliphatic carbocycles. The highest BCUT2D eigenvalue weighted by Crippen LogP contribution is 2.35. The summed E-state index contributed by atoms with van der Waals surface area (Å²) in [5, 5.41) is 0.732. The Morgan fingerprint density at radius 1 is 1.23 bits per heavy atom. The highest BCUT2D eigenvalue weighted by atomic mass is 32.2. The van der Waals surface area contributed by atoms with Crippen LogP contribution in [0.3, 0.4) is 0 Å². The van der Waals surface area contributed by atoms with Crippen LogP contribution in [0.2, 0.25) is 0 Å². The van der Waals surface area contributed by atoms with Crippen LogP contribution in [0, 0.1) is 6.92 Å². The molecule has 0 saturated heterocycles. The van der Waals surface area contributed by atoms with Crippen molar-refractivity contribution < 1.29 is 4.79 Å². The average Bonchev–Trinajstić information content (AvgIpc) is 3.04. The summed E-state index contributed by atoms with van der Waals surface area (Å²) >= 11 is 1.55. The van der Waals surface area contributed by atoms with Crippen molar-refractivity contribution in [2.75, 3.05) is 18.2 Å². The molecule has 134 valence electrons. The van der Waals surface area contributed by atoms with Gasteiger partial charge in [-0.3, -0.25) is 14.7 Å². The van der Waals surface area contributed by atoms with Crippen molar-refractivity contribution in [1.82, 2.24) is 9.97 Å². The molecule has 3 rings (SSSR count). The third-order valence-corrected chi connectivity index (χ3v) is 7.05. The molecule has 0 bridgehead atoms. The Morgan fingerprint density at radius 3 is 2.54 bits per heavy atom. The Balaban J connectivity index is 1.71. The van der Waals surface area contributed by atoms with Gasteiger partial charge in [0.05, 0.1) is 22.0 Å². The lowest BCUT2D eigenvalue weighted by molar-refractivity contribution is -0.117. The zero-order valence-corrected chi connectivity index (χ0v) is 16.7. The molecule has 1 amide bonds. The van der Waals surface area contributed by atoms with Crippen LogP contribution in [0.5, 0.6) is 0 Å². The van der Waals surface area contributed by atoms with Crippen molar-refractivity contribution in [3.63, 3.8) is 0 Å². The van der Waals surface area contributed by atoms with E-state index in [1.807, 2.05) is 49.4 Å². The third-order valence-electron chi connectivity index (χ3n) is 3.99. The number of aryl methyl sites for hydroxylation is 1. The monoisotopic (exact) mass is 383 g/mol. The molecule has 4 nitrogen and oxygen atoms in total. The summed E-state index contributed by atoms with van der Waals surface area (Å²) in [6.45, 7) is 1.97. The van der Waals surface area contributed by atoms with E-state index < -0.39 is 0 Å². The summed E-state index contributed by atoms with van der Waals surface area (Å²) in [4.78, 5) is 23.1. The Hall–Kier alpha value is -2.31. The van der Waals surface area contributed by atoms with Gasteiger partial charge in [-0.05, 0) is 30.9 Å². The second kappa shape index (κ2) is 7.93. The smallest absolute Gasteiger partial charge is 0.232 e. The van der Waals surface area contributed by atoms with Gasteiger partial charge >= 0.3 is 0 Å². The SMILES string of the molecule is C=S(C)c1sc(N(C)C(=O)Cc2ccc(-c3ccccn3)cc2)nc1C. The molecule has 0 N–H and O–H groups in total. The number of rotatable bonds is 5. The maximum absolute atomic E-state index is 12.6. The van der Waals surface area contributed by atoms with E-state index >= 15 is 0 Å². The predicted molar refractivity (Wildman–Crippen MR) is 113 cm³/mol. The molecule has 0 radical (unpaired) electrons. The number of carbonyl (C=O) groups is 1. The van der Waals surface area contributed by atoms with E-state index in [0.29, 0.717) is 6.42 Å². The number of pyridine rings is 1. The number of aromatic nitrogens is 2. The fourth-order valence-corrected chi connectivity index (χ4v) is 4.69. The van der Waals surface area contributed by atoms with Crippen LogP contribution >= 0.6 is 21.8 Å². The van der Waals surface area contributed by atoms with Crippen LogP contribution in [0.15, 0.2) is 52.9 Å². The predicted octanol–water partition coefficient (Wildman–Crippen LogP) is 4.41. The number of hydrogen-bond donors (Lipinski definition) is 0. The van der Waals surface area contributed by atoms with Gasteiger partial charge in [-0.2, -0.15) is 10.5 Å².